The van der Waals surface area contributed by atoms with Crippen LogP contribution in [0, 0.1) is 0 Å². The van der Waals surface area contributed by atoms with Crippen molar-refractivity contribution in [1.82, 2.24) is 20.2 Å². The lowest BCUT2D eigenvalue weighted by atomic mass is 9.83. The molecule has 0 amide bonds. The maximum absolute atomic E-state index is 3.69. The third-order valence-corrected chi connectivity index (χ3v) is 5.24. The van der Waals surface area contributed by atoms with Crippen LogP contribution in [0.4, 0.5) is 0 Å². The number of nitrogens with one attached hydrogen (secondary N) is 1. The van der Waals surface area contributed by atoms with Crippen LogP contribution in [0.5, 0.6) is 0 Å². The van der Waals surface area contributed by atoms with Gasteiger partial charge in [-0.2, -0.15) is 0 Å². The number of hydrogen-bond acceptors (Lipinski definition) is 4. The van der Waals surface area contributed by atoms with Crippen LogP contribution >= 0.6 is 0 Å². The summed E-state index contributed by atoms with van der Waals surface area (Å²) in [4.78, 5) is 2.46. The third kappa shape index (κ3) is 2.97. The molecule has 3 aliphatic rings. The average molecular weight is 266 g/mol. The molecule has 2 atom stereocenters. The maximum Gasteiger partial charge on any atom is 0.0263 e. The van der Waals surface area contributed by atoms with Crippen molar-refractivity contribution in [2.24, 2.45) is 0 Å². The summed E-state index contributed by atoms with van der Waals surface area (Å²) in [7, 11) is 2.25. The molecule has 0 aromatic heterocycles. The van der Waals surface area contributed by atoms with Gasteiger partial charge in [0, 0.05) is 44.3 Å². The Morgan fingerprint density at radius 3 is 2.21 bits per heavy atom. The van der Waals surface area contributed by atoms with Crippen molar-refractivity contribution in [2.45, 2.75) is 57.2 Å². The van der Waals surface area contributed by atoms with Crippen molar-refractivity contribution in [2.75, 3.05) is 39.8 Å². The Kier molecular flexibility index (Phi) is 4.42. The molecule has 0 spiro atoms. The summed E-state index contributed by atoms with van der Waals surface area (Å²) in [5, 5.41) is 9.16. The van der Waals surface area contributed by atoms with Gasteiger partial charge in [0.25, 0.3) is 0 Å². The first-order valence-electron chi connectivity index (χ1n) is 8.23. The largest absolute Gasteiger partial charge is 0.314 e. The predicted molar refractivity (Wildman–Crippen MR) is 79.0 cm³/mol. The molecule has 0 aromatic rings. The van der Waals surface area contributed by atoms with Gasteiger partial charge >= 0.3 is 0 Å². The zero-order valence-corrected chi connectivity index (χ0v) is 12.6. The summed E-state index contributed by atoms with van der Waals surface area (Å²) in [5.74, 6) is 0. The fourth-order valence-electron chi connectivity index (χ4n) is 4.30. The molecule has 2 bridgehead atoms. The van der Waals surface area contributed by atoms with Crippen molar-refractivity contribution in [1.29, 1.82) is 0 Å². The van der Waals surface area contributed by atoms with Crippen LogP contribution in [0.2, 0.25) is 0 Å². The Hall–Kier alpha value is -0.160. The minimum atomic E-state index is 0.768. The van der Waals surface area contributed by atoms with Crippen LogP contribution in [0.25, 0.3) is 0 Å². The number of piperazine rings is 1. The highest BCUT2D eigenvalue weighted by molar-refractivity contribution is 4.94. The second kappa shape index (κ2) is 6.08. The molecule has 0 radical (unpaired) electrons. The van der Waals surface area contributed by atoms with E-state index in [0.29, 0.717) is 0 Å². The molecule has 3 saturated heterocycles. The number of rotatable bonds is 3. The van der Waals surface area contributed by atoms with Crippen molar-refractivity contribution in [3.05, 3.63) is 0 Å². The summed E-state index contributed by atoms with van der Waals surface area (Å²) in [6.45, 7) is 8.28. The van der Waals surface area contributed by atoms with Crippen molar-refractivity contribution in [3.63, 3.8) is 0 Å². The molecule has 3 fully saturated rings. The Morgan fingerprint density at radius 2 is 1.63 bits per heavy atom. The van der Waals surface area contributed by atoms with Gasteiger partial charge in [-0.05, 0) is 39.3 Å². The molecule has 0 aliphatic carbocycles. The van der Waals surface area contributed by atoms with E-state index in [9.17, 15) is 0 Å². The Morgan fingerprint density at radius 1 is 1.00 bits per heavy atom. The number of nitrogens with zero attached hydrogens (tertiary/aromatic N) is 3. The monoisotopic (exact) mass is 266 g/mol. The number of fused-ring (bicyclic) bond motifs is 2. The van der Waals surface area contributed by atoms with Gasteiger partial charge < -0.3 is 10.2 Å². The first-order chi connectivity index (χ1) is 9.28. The predicted octanol–water partition coefficient (Wildman–Crippen LogP) is 1.14. The van der Waals surface area contributed by atoms with E-state index in [4.69, 9.17) is 0 Å². The fourth-order valence-corrected chi connectivity index (χ4v) is 4.30. The van der Waals surface area contributed by atoms with Gasteiger partial charge in [-0.3, -0.25) is 0 Å². The van der Waals surface area contributed by atoms with Gasteiger partial charge in [0.2, 0.25) is 0 Å². The summed E-state index contributed by atoms with van der Waals surface area (Å²) < 4.78 is 0. The normalized spacial score (nSPS) is 38.5. The van der Waals surface area contributed by atoms with Crippen molar-refractivity contribution >= 4 is 0 Å². The average Bonchev–Trinajstić information content (AvgIpc) is 2.39. The second-order valence-corrected chi connectivity index (χ2v) is 6.60. The van der Waals surface area contributed by atoms with Gasteiger partial charge in [-0.25, -0.2) is 10.0 Å². The Labute approximate surface area is 118 Å². The van der Waals surface area contributed by atoms with Crippen molar-refractivity contribution < 1.29 is 0 Å². The SMILES string of the molecule is CCNC1CC2CCCC(C1)N2N1CCN(C)CC1. The van der Waals surface area contributed by atoms with E-state index in [1.54, 1.807) is 0 Å². The highest BCUT2D eigenvalue weighted by Crippen LogP contribution is 2.35. The van der Waals surface area contributed by atoms with Crippen LogP contribution in [0.15, 0.2) is 0 Å². The lowest BCUT2D eigenvalue weighted by Gasteiger charge is -2.54. The van der Waals surface area contributed by atoms with E-state index in [1.807, 2.05) is 0 Å². The maximum atomic E-state index is 3.69. The molecule has 19 heavy (non-hydrogen) atoms. The summed E-state index contributed by atoms with van der Waals surface area (Å²) >= 11 is 0. The number of hydrogen-bond donors (Lipinski definition) is 1. The molecular weight excluding hydrogens is 236 g/mol. The first kappa shape index (κ1) is 13.8. The third-order valence-electron chi connectivity index (χ3n) is 5.24. The van der Waals surface area contributed by atoms with Gasteiger partial charge in [-0.1, -0.05) is 13.3 Å². The number of hydrazine groups is 1. The summed E-state index contributed by atoms with van der Waals surface area (Å²) in [6.07, 6.45) is 6.97. The van der Waals surface area contributed by atoms with E-state index in [1.165, 1.54) is 58.3 Å². The van der Waals surface area contributed by atoms with Crippen molar-refractivity contribution in [3.8, 4) is 0 Å². The van der Waals surface area contributed by atoms with E-state index in [2.05, 4.69) is 34.2 Å². The molecule has 0 saturated carbocycles. The molecule has 4 heteroatoms. The molecule has 1 N–H and O–H groups in total. The lowest BCUT2D eigenvalue weighted by Crippen LogP contribution is -2.65. The summed E-state index contributed by atoms with van der Waals surface area (Å²) in [5.41, 5.74) is 0. The van der Waals surface area contributed by atoms with E-state index >= 15 is 0 Å². The van der Waals surface area contributed by atoms with Gasteiger partial charge in [0.15, 0.2) is 0 Å². The standard InChI is InChI=1S/C15H30N4/c1-3-16-13-11-14-5-4-6-15(12-13)19(14)18-9-7-17(2)8-10-18/h13-16H,3-12H2,1-2H3. The Balaban J connectivity index is 1.65. The van der Waals surface area contributed by atoms with Crippen LogP contribution in [-0.4, -0.2) is 72.8 Å². The molecule has 3 heterocycles. The highest BCUT2D eigenvalue weighted by Gasteiger charge is 2.41. The molecule has 3 rings (SSSR count). The molecule has 4 nitrogen and oxygen atoms in total. The van der Waals surface area contributed by atoms with E-state index < -0.39 is 0 Å². The van der Waals surface area contributed by atoms with Gasteiger partial charge in [0.05, 0.1) is 0 Å². The highest BCUT2D eigenvalue weighted by atomic mass is 15.7. The van der Waals surface area contributed by atoms with Crippen LogP contribution in [0.1, 0.15) is 39.0 Å². The van der Waals surface area contributed by atoms with Crippen LogP contribution < -0.4 is 5.32 Å². The lowest BCUT2D eigenvalue weighted by molar-refractivity contribution is -0.152. The Bertz CT molecular complexity index is 274. The molecule has 0 aromatic carbocycles. The van der Waals surface area contributed by atoms with E-state index in [-0.39, 0.29) is 0 Å². The van der Waals surface area contributed by atoms with Crippen LogP contribution in [0.3, 0.4) is 0 Å². The number of piperidine rings is 2. The molecular formula is C15H30N4. The first-order valence-corrected chi connectivity index (χ1v) is 8.23. The quantitative estimate of drug-likeness (QED) is 0.827. The minimum absolute atomic E-state index is 0.768. The van der Waals surface area contributed by atoms with Gasteiger partial charge in [0.1, 0.15) is 0 Å². The van der Waals surface area contributed by atoms with Crippen LogP contribution in [-0.2, 0) is 0 Å². The molecule has 3 aliphatic heterocycles. The number of likely N-dealkylation sites (N-methyl/N-ethyl adjacent to an activating group) is 1. The topological polar surface area (TPSA) is 21.8 Å². The van der Waals surface area contributed by atoms with Gasteiger partial charge in [-0.15, -0.1) is 0 Å². The smallest absolute Gasteiger partial charge is 0.0263 e. The zero-order chi connectivity index (χ0) is 13.2. The summed E-state index contributed by atoms with van der Waals surface area (Å²) in [6, 6.07) is 2.38. The second-order valence-electron chi connectivity index (χ2n) is 6.60. The molecule has 2 unspecified atom stereocenters. The van der Waals surface area contributed by atoms with E-state index in [0.717, 1.165) is 24.7 Å². The fraction of sp³-hybridized carbons (Fsp3) is 1.00. The molecule has 110 valence electrons. The minimum Gasteiger partial charge on any atom is -0.314 e. The zero-order valence-electron chi connectivity index (χ0n) is 12.6.